The first-order chi connectivity index (χ1) is 9.43. The minimum atomic E-state index is -0.393. The molecule has 0 aliphatic rings. The Morgan fingerprint density at radius 1 is 1.45 bits per heavy atom. The molecule has 0 aliphatic heterocycles. The van der Waals surface area contributed by atoms with Crippen LogP contribution >= 0.6 is 11.6 Å². The Kier molecular flexibility index (Phi) is 6.91. The average molecular weight is 300 g/mol. The normalized spacial score (nSPS) is 11.3. The van der Waals surface area contributed by atoms with Crippen molar-refractivity contribution in [1.29, 1.82) is 0 Å². The van der Waals surface area contributed by atoms with E-state index in [9.17, 15) is 10.1 Å². The lowest BCUT2D eigenvalue weighted by Crippen LogP contribution is -2.29. The number of benzene rings is 1. The summed E-state index contributed by atoms with van der Waals surface area (Å²) in [4.78, 5) is 12.8. The number of hydrogen-bond donors (Lipinski definition) is 1. The highest BCUT2D eigenvalue weighted by atomic mass is 35.5. The third-order valence-electron chi connectivity index (χ3n) is 3.34. The number of hydrogen-bond acceptors (Lipinski definition) is 4. The van der Waals surface area contributed by atoms with Crippen molar-refractivity contribution in [1.82, 2.24) is 10.2 Å². The number of nitro groups is 1. The van der Waals surface area contributed by atoms with Crippen molar-refractivity contribution in [2.75, 3.05) is 20.1 Å². The zero-order valence-corrected chi connectivity index (χ0v) is 13.0. The summed E-state index contributed by atoms with van der Waals surface area (Å²) in [6.45, 7) is 6.52. The van der Waals surface area contributed by atoms with Gasteiger partial charge >= 0.3 is 0 Å². The molecule has 0 amide bonds. The van der Waals surface area contributed by atoms with Gasteiger partial charge in [-0.25, -0.2) is 0 Å². The highest BCUT2D eigenvalue weighted by Crippen LogP contribution is 2.25. The third kappa shape index (κ3) is 5.07. The maximum atomic E-state index is 10.9. The first-order valence-corrected chi connectivity index (χ1v) is 7.14. The summed E-state index contributed by atoms with van der Waals surface area (Å²) in [5, 5.41) is 14.6. The Morgan fingerprint density at radius 3 is 2.75 bits per heavy atom. The molecule has 112 valence electrons. The van der Waals surface area contributed by atoms with Gasteiger partial charge < -0.3 is 10.2 Å². The van der Waals surface area contributed by atoms with Crippen LogP contribution in [0.15, 0.2) is 18.2 Å². The molecule has 1 aromatic carbocycles. The van der Waals surface area contributed by atoms with E-state index >= 15 is 0 Å². The lowest BCUT2D eigenvalue weighted by atomic mass is 10.2. The summed E-state index contributed by atoms with van der Waals surface area (Å²) in [5.41, 5.74) is 0.626. The van der Waals surface area contributed by atoms with Crippen molar-refractivity contribution in [3.05, 3.63) is 38.9 Å². The van der Waals surface area contributed by atoms with Gasteiger partial charge in [0, 0.05) is 18.7 Å². The Labute approximate surface area is 125 Å². The fourth-order valence-electron chi connectivity index (χ4n) is 1.82. The zero-order valence-electron chi connectivity index (χ0n) is 12.2. The van der Waals surface area contributed by atoms with Gasteiger partial charge in [0.15, 0.2) is 0 Å². The van der Waals surface area contributed by atoms with Crippen molar-refractivity contribution in [3.63, 3.8) is 0 Å². The number of nitrogens with one attached hydrogen (secondary N) is 1. The van der Waals surface area contributed by atoms with Gasteiger partial charge in [0.05, 0.1) is 15.5 Å². The predicted octanol–water partition coefficient (Wildman–Crippen LogP) is 3.07. The quantitative estimate of drug-likeness (QED) is 0.455. The smallest absolute Gasteiger partial charge is 0.275 e. The molecule has 0 saturated heterocycles. The molecular formula is C14H22ClN3O2. The van der Waals surface area contributed by atoms with Gasteiger partial charge in [-0.15, -0.1) is 0 Å². The van der Waals surface area contributed by atoms with Gasteiger partial charge in [-0.1, -0.05) is 17.7 Å². The van der Waals surface area contributed by atoms with E-state index in [-0.39, 0.29) is 5.69 Å². The minimum absolute atomic E-state index is 0.0734. The first kappa shape index (κ1) is 16.9. The van der Waals surface area contributed by atoms with E-state index in [0.717, 1.165) is 19.5 Å². The van der Waals surface area contributed by atoms with Gasteiger partial charge in [0.25, 0.3) is 5.69 Å². The SMILES string of the molecule is CC(C)N(C)CCCNCc1c(Cl)cccc1[N+](=O)[O-]. The molecule has 20 heavy (non-hydrogen) atoms. The number of nitro benzene ring substituents is 1. The molecule has 0 bridgehead atoms. The minimum Gasteiger partial charge on any atom is -0.312 e. The molecule has 0 spiro atoms. The summed E-state index contributed by atoms with van der Waals surface area (Å²) >= 11 is 6.03. The summed E-state index contributed by atoms with van der Waals surface area (Å²) in [5.74, 6) is 0. The van der Waals surface area contributed by atoms with Crippen LogP contribution in [0.25, 0.3) is 0 Å². The second-order valence-electron chi connectivity index (χ2n) is 5.10. The monoisotopic (exact) mass is 299 g/mol. The molecule has 0 fully saturated rings. The van der Waals surface area contributed by atoms with Crippen molar-refractivity contribution in [2.45, 2.75) is 32.9 Å². The fourth-order valence-corrected chi connectivity index (χ4v) is 2.05. The molecule has 0 heterocycles. The average Bonchev–Trinajstić information content (AvgIpc) is 2.39. The standard InChI is InChI=1S/C14H22ClN3O2/c1-11(2)17(3)9-5-8-16-10-12-13(15)6-4-7-14(12)18(19)20/h4,6-7,11,16H,5,8-10H2,1-3H3. The van der Waals surface area contributed by atoms with Gasteiger partial charge in [-0.2, -0.15) is 0 Å². The van der Waals surface area contributed by atoms with Crippen molar-refractivity contribution < 1.29 is 4.92 Å². The molecule has 1 rings (SSSR count). The number of rotatable bonds is 8. The maximum absolute atomic E-state index is 10.9. The molecule has 0 atom stereocenters. The molecule has 5 nitrogen and oxygen atoms in total. The molecule has 0 unspecified atom stereocenters. The van der Waals surface area contributed by atoms with Crippen LogP contribution in [0.2, 0.25) is 5.02 Å². The van der Waals surface area contributed by atoms with Gasteiger partial charge in [-0.05, 0) is 46.5 Å². The zero-order chi connectivity index (χ0) is 15.1. The second-order valence-corrected chi connectivity index (χ2v) is 5.51. The Hall–Kier alpha value is -1.17. The van der Waals surface area contributed by atoms with E-state index in [2.05, 4.69) is 31.1 Å². The van der Waals surface area contributed by atoms with Crippen LogP contribution in [0.3, 0.4) is 0 Å². The van der Waals surface area contributed by atoms with E-state index in [4.69, 9.17) is 11.6 Å². The summed E-state index contributed by atoms with van der Waals surface area (Å²) in [6.07, 6.45) is 0.993. The first-order valence-electron chi connectivity index (χ1n) is 6.76. The summed E-state index contributed by atoms with van der Waals surface area (Å²) < 4.78 is 0. The Bertz CT molecular complexity index is 452. The van der Waals surface area contributed by atoms with Crippen LogP contribution in [-0.2, 0) is 6.54 Å². The second kappa shape index (κ2) is 8.19. The lowest BCUT2D eigenvalue weighted by molar-refractivity contribution is -0.385. The van der Waals surface area contributed by atoms with Crippen molar-refractivity contribution in [3.8, 4) is 0 Å². The lowest BCUT2D eigenvalue weighted by Gasteiger charge is -2.20. The van der Waals surface area contributed by atoms with Gasteiger partial charge in [0.2, 0.25) is 0 Å². The van der Waals surface area contributed by atoms with Crippen LogP contribution in [0.4, 0.5) is 5.69 Å². The summed E-state index contributed by atoms with van der Waals surface area (Å²) in [6, 6.07) is 5.29. The van der Waals surface area contributed by atoms with Crippen molar-refractivity contribution >= 4 is 17.3 Å². The van der Waals surface area contributed by atoms with Crippen LogP contribution in [0, 0.1) is 10.1 Å². The fraction of sp³-hybridized carbons (Fsp3) is 0.571. The highest BCUT2D eigenvalue weighted by molar-refractivity contribution is 6.31. The van der Waals surface area contributed by atoms with Crippen LogP contribution in [0.5, 0.6) is 0 Å². The van der Waals surface area contributed by atoms with Crippen LogP contribution < -0.4 is 5.32 Å². The van der Waals surface area contributed by atoms with E-state index in [0.29, 0.717) is 23.2 Å². The third-order valence-corrected chi connectivity index (χ3v) is 3.69. The Balaban J connectivity index is 2.45. The number of halogens is 1. The Morgan fingerprint density at radius 2 is 2.15 bits per heavy atom. The highest BCUT2D eigenvalue weighted by Gasteiger charge is 2.15. The molecule has 6 heteroatoms. The topological polar surface area (TPSA) is 58.4 Å². The molecule has 0 saturated carbocycles. The van der Waals surface area contributed by atoms with Crippen LogP contribution in [0.1, 0.15) is 25.8 Å². The number of nitrogens with zero attached hydrogens (tertiary/aromatic N) is 2. The molecule has 0 aliphatic carbocycles. The molecule has 0 radical (unpaired) electrons. The molecular weight excluding hydrogens is 278 g/mol. The van der Waals surface area contributed by atoms with Gasteiger partial charge in [0.1, 0.15) is 0 Å². The van der Waals surface area contributed by atoms with Gasteiger partial charge in [-0.3, -0.25) is 10.1 Å². The molecule has 0 aromatic heterocycles. The van der Waals surface area contributed by atoms with E-state index in [1.54, 1.807) is 12.1 Å². The van der Waals surface area contributed by atoms with Crippen LogP contribution in [-0.4, -0.2) is 36.0 Å². The maximum Gasteiger partial charge on any atom is 0.275 e. The van der Waals surface area contributed by atoms with E-state index in [1.165, 1.54) is 6.07 Å². The predicted molar refractivity (Wildman–Crippen MR) is 82.2 cm³/mol. The summed E-state index contributed by atoms with van der Waals surface area (Å²) in [7, 11) is 2.09. The largest absolute Gasteiger partial charge is 0.312 e. The molecule has 1 N–H and O–H groups in total. The van der Waals surface area contributed by atoms with E-state index in [1.807, 2.05) is 0 Å². The van der Waals surface area contributed by atoms with Crippen molar-refractivity contribution in [2.24, 2.45) is 0 Å². The van der Waals surface area contributed by atoms with E-state index < -0.39 is 4.92 Å². The molecule has 1 aromatic rings.